The smallest absolute Gasteiger partial charge is 0.407 e. The van der Waals surface area contributed by atoms with Gasteiger partial charge in [0.25, 0.3) is 0 Å². The average molecular weight is 467 g/mol. The summed E-state index contributed by atoms with van der Waals surface area (Å²) < 4.78 is 11.2. The van der Waals surface area contributed by atoms with E-state index >= 15 is 0 Å². The lowest BCUT2D eigenvalue weighted by Crippen LogP contribution is -2.61. The van der Waals surface area contributed by atoms with E-state index in [1.807, 2.05) is 69.3 Å². The van der Waals surface area contributed by atoms with E-state index in [4.69, 9.17) is 9.47 Å². The van der Waals surface area contributed by atoms with Gasteiger partial charge >= 0.3 is 12.1 Å². The summed E-state index contributed by atoms with van der Waals surface area (Å²) in [4.78, 5) is 38.9. The Balaban J connectivity index is 1.45. The number of hydrogen-bond donors (Lipinski definition) is 2. The Hall–Kier alpha value is -3.39. The maximum absolute atomic E-state index is 13.2. The molecule has 180 valence electrons. The minimum atomic E-state index is -1.23. The van der Waals surface area contributed by atoms with Crippen molar-refractivity contribution in [2.45, 2.75) is 50.8 Å². The minimum absolute atomic E-state index is 0.0782. The summed E-state index contributed by atoms with van der Waals surface area (Å²) in [6, 6.07) is 14.4. The first-order valence-electron chi connectivity index (χ1n) is 11.5. The summed E-state index contributed by atoms with van der Waals surface area (Å²) in [7, 11) is 0. The number of nitrogens with zero attached hydrogens (tertiary/aromatic N) is 1. The lowest BCUT2D eigenvalue weighted by Gasteiger charge is -2.45. The molecule has 0 bridgehead atoms. The molecule has 2 N–H and O–H groups in total. The normalized spacial score (nSPS) is 19.6. The van der Waals surface area contributed by atoms with Crippen molar-refractivity contribution >= 4 is 18.0 Å². The van der Waals surface area contributed by atoms with Gasteiger partial charge in [0.1, 0.15) is 12.6 Å². The van der Waals surface area contributed by atoms with E-state index < -0.39 is 36.0 Å². The van der Waals surface area contributed by atoms with Crippen LogP contribution in [0.5, 0.6) is 0 Å². The van der Waals surface area contributed by atoms with Crippen LogP contribution in [-0.2, 0) is 19.1 Å². The first kappa shape index (κ1) is 23.8. The maximum Gasteiger partial charge on any atom is 0.407 e. The lowest BCUT2D eigenvalue weighted by atomic mass is 9.96. The van der Waals surface area contributed by atoms with Gasteiger partial charge in [0.05, 0.1) is 24.7 Å². The molecule has 1 fully saturated rings. The number of benzene rings is 2. The summed E-state index contributed by atoms with van der Waals surface area (Å²) in [5.41, 5.74) is 3.77. The molecule has 2 unspecified atom stereocenters. The van der Waals surface area contributed by atoms with E-state index in [2.05, 4.69) is 5.32 Å². The molecule has 2 aromatic carbocycles. The van der Waals surface area contributed by atoms with Gasteiger partial charge < -0.3 is 24.8 Å². The quantitative estimate of drug-likeness (QED) is 0.676. The fourth-order valence-corrected chi connectivity index (χ4v) is 4.75. The van der Waals surface area contributed by atoms with Gasteiger partial charge in [-0.05, 0) is 43.0 Å². The standard InChI is InChI=1S/C26H30N2O6/c1-16-26(2,3)34-13-12-28(16)24(31)22(14-23(29)30)27-25(32)33-15-21-19-10-6-4-8-17(19)18-9-5-7-11-20(18)21/h4-11,16,21-22H,12-15H2,1-3H3,(H,27,32)(H,29,30). The zero-order chi connectivity index (χ0) is 24.5. The Kier molecular flexibility index (Phi) is 6.61. The number of nitrogens with one attached hydrogen (secondary N) is 1. The highest BCUT2D eigenvalue weighted by Gasteiger charge is 2.41. The molecule has 8 nitrogen and oxygen atoms in total. The van der Waals surface area contributed by atoms with Crippen molar-refractivity contribution in [1.29, 1.82) is 0 Å². The van der Waals surface area contributed by atoms with Crippen LogP contribution in [0.1, 0.15) is 44.2 Å². The van der Waals surface area contributed by atoms with E-state index in [1.165, 1.54) is 0 Å². The minimum Gasteiger partial charge on any atom is -0.481 e. The third-order valence-corrected chi connectivity index (χ3v) is 6.88. The van der Waals surface area contributed by atoms with Crippen LogP contribution in [0.15, 0.2) is 48.5 Å². The van der Waals surface area contributed by atoms with Crippen molar-refractivity contribution in [3.8, 4) is 11.1 Å². The van der Waals surface area contributed by atoms with Crippen molar-refractivity contribution < 1.29 is 29.0 Å². The van der Waals surface area contributed by atoms with Gasteiger partial charge in [-0.15, -0.1) is 0 Å². The molecule has 1 aliphatic carbocycles. The third-order valence-electron chi connectivity index (χ3n) is 6.88. The van der Waals surface area contributed by atoms with Gasteiger partial charge in [-0.2, -0.15) is 0 Å². The van der Waals surface area contributed by atoms with Crippen LogP contribution in [0.25, 0.3) is 11.1 Å². The van der Waals surface area contributed by atoms with Crippen LogP contribution in [0.2, 0.25) is 0 Å². The van der Waals surface area contributed by atoms with E-state index in [9.17, 15) is 19.5 Å². The molecule has 2 amide bonds. The number of ether oxygens (including phenoxy) is 2. The van der Waals surface area contributed by atoms with Crippen molar-refractivity contribution in [1.82, 2.24) is 10.2 Å². The topological polar surface area (TPSA) is 105 Å². The monoisotopic (exact) mass is 466 g/mol. The molecular weight excluding hydrogens is 436 g/mol. The number of fused-ring (bicyclic) bond motifs is 3. The van der Waals surface area contributed by atoms with Crippen molar-refractivity contribution in [2.24, 2.45) is 0 Å². The molecular formula is C26H30N2O6. The molecule has 0 saturated carbocycles. The van der Waals surface area contributed by atoms with Crippen LogP contribution in [0.3, 0.4) is 0 Å². The number of carbonyl (C=O) groups excluding carboxylic acids is 2. The van der Waals surface area contributed by atoms with Crippen LogP contribution in [0, 0.1) is 0 Å². The van der Waals surface area contributed by atoms with Gasteiger partial charge in [-0.3, -0.25) is 9.59 Å². The average Bonchev–Trinajstić information content (AvgIpc) is 3.12. The van der Waals surface area contributed by atoms with Crippen molar-refractivity contribution in [3.05, 3.63) is 59.7 Å². The molecule has 0 aromatic heterocycles. The Morgan fingerprint density at radius 1 is 1.12 bits per heavy atom. The van der Waals surface area contributed by atoms with Crippen LogP contribution >= 0.6 is 0 Å². The second-order valence-electron chi connectivity index (χ2n) is 9.28. The predicted octanol–water partition coefficient (Wildman–Crippen LogP) is 3.39. The fourth-order valence-electron chi connectivity index (χ4n) is 4.75. The fraction of sp³-hybridized carbons (Fsp3) is 0.423. The highest BCUT2D eigenvalue weighted by molar-refractivity contribution is 5.89. The zero-order valence-electron chi connectivity index (χ0n) is 19.6. The number of hydrogen-bond acceptors (Lipinski definition) is 5. The van der Waals surface area contributed by atoms with Gasteiger partial charge in [0, 0.05) is 12.5 Å². The molecule has 1 aliphatic heterocycles. The van der Waals surface area contributed by atoms with Gasteiger partial charge in [0.15, 0.2) is 0 Å². The highest BCUT2D eigenvalue weighted by Crippen LogP contribution is 2.44. The molecule has 0 spiro atoms. The van der Waals surface area contributed by atoms with E-state index in [0.717, 1.165) is 22.3 Å². The first-order chi connectivity index (χ1) is 16.2. The number of aliphatic carboxylic acids is 1. The number of carbonyl (C=O) groups is 3. The van der Waals surface area contributed by atoms with Crippen LogP contribution in [0.4, 0.5) is 4.79 Å². The molecule has 2 aromatic rings. The summed E-state index contributed by atoms with van der Waals surface area (Å²) in [6.07, 6.45) is -1.35. The molecule has 4 rings (SSSR count). The van der Waals surface area contributed by atoms with Gasteiger partial charge in [0.2, 0.25) is 5.91 Å². The summed E-state index contributed by atoms with van der Waals surface area (Å²) in [6.45, 7) is 6.35. The molecule has 1 saturated heterocycles. The van der Waals surface area contributed by atoms with Gasteiger partial charge in [-0.1, -0.05) is 48.5 Å². The summed E-state index contributed by atoms with van der Waals surface area (Å²) in [5.74, 6) is -1.77. The number of morpholine rings is 1. The number of carboxylic acid groups (broad SMARTS) is 1. The summed E-state index contributed by atoms with van der Waals surface area (Å²) >= 11 is 0. The van der Waals surface area contributed by atoms with Gasteiger partial charge in [-0.25, -0.2) is 4.79 Å². The van der Waals surface area contributed by atoms with Crippen LogP contribution < -0.4 is 5.32 Å². The Bertz CT molecular complexity index is 1050. The number of alkyl carbamates (subject to hydrolysis) is 1. The summed E-state index contributed by atoms with van der Waals surface area (Å²) in [5, 5.41) is 11.8. The van der Waals surface area contributed by atoms with E-state index in [-0.39, 0.29) is 18.6 Å². The third kappa shape index (κ3) is 4.63. The molecule has 0 radical (unpaired) electrons. The Morgan fingerprint density at radius 3 is 2.29 bits per heavy atom. The second-order valence-corrected chi connectivity index (χ2v) is 9.28. The number of carboxylic acids is 1. The zero-order valence-corrected chi connectivity index (χ0v) is 19.6. The largest absolute Gasteiger partial charge is 0.481 e. The molecule has 34 heavy (non-hydrogen) atoms. The number of rotatable bonds is 6. The predicted molar refractivity (Wildman–Crippen MR) is 125 cm³/mol. The maximum atomic E-state index is 13.2. The van der Waals surface area contributed by atoms with Crippen molar-refractivity contribution in [3.63, 3.8) is 0 Å². The first-order valence-corrected chi connectivity index (χ1v) is 11.5. The lowest BCUT2D eigenvalue weighted by molar-refractivity contribution is -0.161. The molecule has 1 heterocycles. The Labute approximate surface area is 198 Å². The SMILES string of the molecule is CC1N(C(=O)C(CC(=O)O)NC(=O)OCC2c3ccccc3-c3ccccc32)CCOC1(C)C. The highest BCUT2D eigenvalue weighted by atomic mass is 16.5. The van der Waals surface area contributed by atoms with Crippen molar-refractivity contribution in [2.75, 3.05) is 19.8 Å². The molecule has 2 aliphatic rings. The molecule has 2 atom stereocenters. The number of amides is 2. The van der Waals surface area contributed by atoms with E-state index in [0.29, 0.717) is 13.2 Å². The van der Waals surface area contributed by atoms with E-state index in [1.54, 1.807) is 4.90 Å². The molecule has 8 heteroatoms. The van der Waals surface area contributed by atoms with Crippen LogP contribution in [-0.4, -0.2) is 65.4 Å². The Morgan fingerprint density at radius 2 is 1.71 bits per heavy atom. The second kappa shape index (κ2) is 9.46.